The molecule has 1 atom stereocenters. The number of thiazole rings is 3. The molecule has 0 bridgehead atoms. The number of likely N-dealkylation sites (tertiary alicyclic amines) is 1. The van der Waals surface area contributed by atoms with E-state index in [1.165, 1.54) is 39.7 Å². The summed E-state index contributed by atoms with van der Waals surface area (Å²) in [6.45, 7) is 14.9. The Morgan fingerprint density at radius 3 is 1.42 bits per heavy atom. The first-order valence-corrected chi connectivity index (χ1v) is 28.4. The van der Waals surface area contributed by atoms with Crippen molar-refractivity contribution in [2.24, 2.45) is 0 Å². The molecule has 1 fully saturated rings. The summed E-state index contributed by atoms with van der Waals surface area (Å²) in [6, 6.07) is 25.1. The van der Waals surface area contributed by atoms with E-state index < -0.39 is 0 Å². The predicted octanol–water partition coefficient (Wildman–Crippen LogP) is 11.2. The van der Waals surface area contributed by atoms with E-state index in [2.05, 4.69) is 41.4 Å². The fourth-order valence-corrected chi connectivity index (χ4v) is 12.3. The van der Waals surface area contributed by atoms with Gasteiger partial charge in [-0.25, -0.2) is 15.0 Å². The molecule has 0 radical (unpaired) electrons. The Kier molecular flexibility index (Phi) is 19.6. The Bertz CT molecular complexity index is 2620. The molecule has 2 amide bonds. The number of aromatic nitrogens is 3. The van der Waals surface area contributed by atoms with Crippen LogP contribution in [0.25, 0.3) is 31.7 Å². The third-order valence-corrected chi connectivity index (χ3v) is 16.8. The van der Waals surface area contributed by atoms with Crippen LogP contribution in [-0.4, -0.2) is 112 Å². The molecule has 1 unspecified atom stereocenters. The Morgan fingerprint density at radius 2 is 1.03 bits per heavy atom. The van der Waals surface area contributed by atoms with Crippen LogP contribution in [0.5, 0.6) is 17.2 Å². The van der Waals surface area contributed by atoms with Gasteiger partial charge in [0.25, 0.3) is 0 Å². The number of benzene rings is 3. The summed E-state index contributed by atoms with van der Waals surface area (Å²) in [7, 11) is 0. The van der Waals surface area contributed by atoms with Gasteiger partial charge in [0.2, 0.25) is 11.8 Å². The van der Waals surface area contributed by atoms with E-state index in [0.717, 1.165) is 144 Å². The summed E-state index contributed by atoms with van der Waals surface area (Å²) in [5.74, 6) is 4.18. The second-order valence-electron chi connectivity index (χ2n) is 18.1. The van der Waals surface area contributed by atoms with Gasteiger partial charge in [0.15, 0.2) is 0 Å². The number of carbonyl (C=O) groups is 2. The van der Waals surface area contributed by atoms with Gasteiger partial charge in [-0.1, -0.05) is 0 Å². The van der Waals surface area contributed by atoms with E-state index in [9.17, 15) is 9.59 Å². The second kappa shape index (κ2) is 26.4. The quantitative estimate of drug-likeness (QED) is 0.0740. The molecule has 17 heteroatoms. The largest absolute Gasteiger partial charge is 0.494 e. The minimum Gasteiger partial charge on any atom is -0.494 e. The highest BCUT2D eigenvalue weighted by atomic mass is 35.5. The van der Waals surface area contributed by atoms with Crippen LogP contribution < -0.4 is 19.5 Å². The molecule has 10 rings (SSSR count). The van der Waals surface area contributed by atoms with Crippen LogP contribution in [0, 0.1) is 0 Å². The molecular formula is C54H65Cl2N7O5S3. The molecule has 0 saturated carbocycles. The van der Waals surface area contributed by atoms with Crippen molar-refractivity contribution in [3.63, 3.8) is 0 Å². The molecule has 3 aromatic heterocycles. The number of hydrogen-bond acceptors (Lipinski definition) is 13. The van der Waals surface area contributed by atoms with Crippen LogP contribution in [0.4, 0.5) is 0 Å². The lowest BCUT2D eigenvalue weighted by Gasteiger charge is -2.24. The van der Waals surface area contributed by atoms with Crippen molar-refractivity contribution < 1.29 is 23.8 Å². The van der Waals surface area contributed by atoms with Crippen molar-refractivity contribution in [2.45, 2.75) is 97.8 Å². The molecule has 0 spiro atoms. The summed E-state index contributed by atoms with van der Waals surface area (Å²) >= 11 is 16.4. The molecule has 4 aliphatic heterocycles. The van der Waals surface area contributed by atoms with Gasteiger partial charge < -0.3 is 34.2 Å². The third kappa shape index (κ3) is 14.8. The minimum absolute atomic E-state index is 0.129. The maximum absolute atomic E-state index is 11.6. The maximum atomic E-state index is 11.6. The van der Waals surface area contributed by atoms with Crippen LogP contribution >= 0.6 is 57.2 Å². The van der Waals surface area contributed by atoms with Crippen LogP contribution in [-0.2, 0) is 48.5 Å². The number of nitrogens with zero attached hydrogens (tertiary/aromatic N) is 6. The number of alkyl halides is 2. The number of carbonyl (C=O) groups excluding carboxylic acids is 2. The zero-order chi connectivity index (χ0) is 49.5. The van der Waals surface area contributed by atoms with Crippen molar-refractivity contribution in [2.75, 3.05) is 64.3 Å². The smallest absolute Gasteiger partial charge is 0.219 e. The number of amides is 2. The first-order valence-electron chi connectivity index (χ1n) is 24.9. The Morgan fingerprint density at radius 1 is 0.606 bits per heavy atom. The van der Waals surface area contributed by atoms with E-state index in [4.69, 9.17) is 52.4 Å². The molecule has 4 aliphatic rings. The highest BCUT2D eigenvalue weighted by molar-refractivity contribution is 7.15. The number of ether oxygens (including phenoxy) is 3. The molecular weight excluding hydrogens is 994 g/mol. The maximum Gasteiger partial charge on any atom is 0.219 e. The molecule has 3 aromatic carbocycles. The molecule has 0 aliphatic carbocycles. The van der Waals surface area contributed by atoms with Crippen LogP contribution in [0.15, 0.2) is 72.8 Å². The topological polar surface area (TPSA) is 122 Å². The van der Waals surface area contributed by atoms with E-state index in [0.29, 0.717) is 38.1 Å². The lowest BCUT2D eigenvalue weighted by Crippen LogP contribution is -2.33. The average Bonchev–Trinajstić information content (AvgIpc) is 4.22. The lowest BCUT2D eigenvalue weighted by molar-refractivity contribution is -0.130. The Labute approximate surface area is 440 Å². The van der Waals surface area contributed by atoms with Gasteiger partial charge in [0, 0.05) is 115 Å². The third-order valence-electron chi connectivity index (χ3n) is 12.9. The van der Waals surface area contributed by atoms with E-state index in [-0.39, 0.29) is 11.8 Å². The summed E-state index contributed by atoms with van der Waals surface area (Å²) < 4.78 is 17.1. The number of fused-ring (bicyclic) bond motifs is 3. The SMILES string of the molecule is CC(=O)N1CCc2nc(-c3ccc(OCCCCl)cc3)sc2C1.CC(=O)N1CCc2nc(-c3ccc(OCCCN4CCCC4C)cc3)sc2C1.ClCCCOc1ccc(-c2nc3c(s2)CNCC3)cc1. The fraction of sp³-hybridized carbons (Fsp3) is 0.463. The van der Waals surface area contributed by atoms with Crippen LogP contribution in [0.3, 0.4) is 0 Å². The van der Waals surface area contributed by atoms with Gasteiger partial charge in [-0.3, -0.25) is 9.59 Å². The first-order chi connectivity index (χ1) is 34.6. The standard InChI is InChI=1S/C22H29N3O2S.C17H19ClN2O2S.C15H17ClN2OS/c1-16-5-3-11-24(16)12-4-14-27-19-8-6-18(7-9-19)22-23-20-10-13-25(17(2)26)15-21(20)28-22;1-12(21)20-9-7-15-16(11-20)23-17(19-15)13-3-5-14(6-4-13)22-10-2-8-18;16-7-1-9-19-12-4-2-11(3-5-12)15-18-13-6-8-17-10-14(13)20-15/h6-9,16H,3-5,10-15H2,1-2H3;3-6H,2,7-11H2,1H3;2-5,17H,1,6-10H2. The van der Waals surface area contributed by atoms with Gasteiger partial charge >= 0.3 is 0 Å². The van der Waals surface area contributed by atoms with Crippen molar-refractivity contribution in [1.29, 1.82) is 0 Å². The van der Waals surface area contributed by atoms with E-state index >= 15 is 0 Å². The first kappa shape index (κ1) is 52.7. The second-order valence-corrected chi connectivity index (χ2v) is 22.1. The van der Waals surface area contributed by atoms with Crippen molar-refractivity contribution >= 4 is 69.0 Å². The molecule has 1 saturated heterocycles. The highest BCUT2D eigenvalue weighted by Gasteiger charge is 2.25. The van der Waals surface area contributed by atoms with Gasteiger partial charge in [-0.15, -0.1) is 57.2 Å². The number of nitrogens with one attached hydrogen (secondary N) is 1. The zero-order valence-electron chi connectivity index (χ0n) is 41.1. The van der Waals surface area contributed by atoms with E-state index in [1.807, 2.05) is 58.3 Å². The fourth-order valence-electron chi connectivity index (χ4n) is 8.78. The van der Waals surface area contributed by atoms with Crippen molar-refractivity contribution in [1.82, 2.24) is 35.0 Å². The molecule has 71 heavy (non-hydrogen) atoms. The number of halogens is 2. The lowest BCUT2D eigenvalue weighted by atomic mass is 10.2. The van der Waals surface area contributed by atoms with Crippen molar-refractivity contribution in [3.8, 4) is 49.0 Å². The monoisotopic (exact) mass is 1060 g/mol. The number of rotatable bonds is 16. The van der Waals surface area contributed by atoms with Crippen molar-refractivity contribution in [3.05, 3.63) is 105 Å². The summed E-state index contributed by atoms with van der Waals surface area (Å²) in [4.78, 5) is 47.5. The van der Waals surface area contributed by atoms with Gasteiger partial charge in [0.1, 0.15) is 32.3 Å². The summed E-state index contributed by atoms with van der Waals surface area (Å²) in [6.07, 6.45) is 8.16. The summed E-state index contributed by atoms with van der Waals surface area (Å²) in [5.41, 5.74) is 6.90. The van der Waals surface area contributed by atoms with E-state index in [1.54, 1.807) is 47.9 Å². The predicted molar refractivity (Wildman–Crippen MR) is 290 cm³/mol. The highest BCUT2D eigenvalue weighted by Crippen LogP contribution is 2.35. The van der Waals surface area contributed by atoms with Gasteiger partial charge in [-0.05, 0) is 118 Å². The van der Waals surface area contributed by atoms with Crippen LogP contribution in [0.1, 0.15) is 84.6 Å². The molecule has 1 N–H and O–H groups in total. The zero-order valence-corrected chi connectivity index (χ0v) is 45.0. The minimum atomic E-state index is 0.129. The Balaban J connectivity index is 0.000000145. The molecule has 7 heterocycles. The normalized spacial score (nSPS) is 16.2. The summed E-state index contributed by atoms with van der Waals surface area (Å²) in [5, 5.41) is 6.53. The molecule has 12 nitrogen and oxygen atoms in total. The molecule has 6 aromatic rings. The van der Waals surface area contributed by atoms with Gasteiger partial charge in [-0.2, -0.15) is 0 Å². The van der Waals surface area contributed by atoms with Gasteiger partial charge in [0.05, 0.1) is 50.0 Å². The molecule has 378 valence electrons. The Hall–Kier alpha value is -4.61. The van der Waals surface area contributed by atoms with Crippen LogP contribution in [0.2, 0.25) is 0 Å². The number of hydrogen-bond donors (Lipinski definition) is 1. The average molecular weight is 1060 g/mol.